The largest absolute Gasteiger partial charge is 0.325 e. The van der Waals surface area contributed by atoms with Gasteiger partial charge in [-0.1, -0.05) is 25.8 Å². The van der Waals surface area contributed by atoms with Gasteiger partial charge >= 0.3 is 0 Å². The van der Waals surface area contributed by atoms with Crippen molar-refractivity contribution < 1.29 is 4.79 Å². The number of nitrogens with one attached hydrogen (secondary N) is 2. The number of carbonyl (C=O) groups is 1. The second-order valence-corrected chi connectivity index (χ2v) is 6.86. The van der Waals surface area contributed by atoms with Gasteiger partial charge in [0.2, 0.25) is 5.91 Å². The highest BCUT2D eigenvalue weighted by molar-refractivity contribution is 7.98. The van der Waals surface area contributed by atoms with E-state index in [-0.39, 0.29) is 11.9 Å². The first-order chi connectivity index (χ1) is 10.1. The standard InChI is InChI=1S/C17H26N2OS/c1-12-7-4-5-10-16(12)18-13(2)17(20)19-14-8-6-9-15(11-14)21-3/h6,8-9,11-13,16,18H,4-5,7,10H2,1-3H3,(H,19,20). The molecular formula is C17H26N2OS. The van der Waals surface area contributed by atoms with Gasteiger partial charge in [0, 0.05) is 16.6 Å². The summed E-state index contributed by atoms with van der Waals surface area (Å²) in [4.78, 5) is 13.5. The Hall–Kier alpha value is -1.00. The molecule has 0 saturated heterocycles. The zero-order valence-electron chi connectivity index (χ0n) is 13.2. The quantitative estimate of drug-likeness (QED) is 0.811. The number of carbonyl (C=O) groups excluding carboxylic acids is 1. The lowest BCUT2D eigenvalue weighted by Crippen LogP contribution is -2.47. The summed E-state index contributed by atoms with van der Waals surface area (Å²) < 4.78 is 0. The number of anilines is 1. The van der Waals surface area contributed by atoms with Gasteiger partial charge in [-0.3, -0.25) is 4.79 Å². The van der Waals surface area contributed by atoms with Crippen molar-refractivity contribution in [2.45, 2.75) is 56.5 Å². The number of thioether (sulfide) groups is 1. The van der Waals surface area contributed by atoms with E-state index in [0.29, 0.717) is 12.0 Å². The van der Waals surface area contributed by atoms with Crippen LogP contribution in [0, 0.1) is 5.92 Å². The van der Waals surface area contributed by atoms with Gasteiger partial charge in [-0.25, -0.2) is 0 Å². The zero-order valence-corrected chi connectivity index (χ0v) is 14.0. The van der Waals surface area contributed by atoms with Crippen LogP contribution in [0.1, 0.15) is 39.5 Å². The third kappa shape index (κ3) is 4.75. The molecule has 0 heterocycles. The Bertz CT molecular complexity index is 478. The van der Waals surface area contributed by atoms with Gasteiger partial charge in [0.1, 0.15) is 0 Å². The summed E-state index contributed by atoms with van der Waals surface area (Å²) in [7, 11) is 0. The summed E-state index contributed by atoms with van der Waals surface area (Å²) >= 11 is 1.68. The first-order valence-electron chi connectivity index (χ1n) is 7.81. The maximum atomic E-state index is 12.3. The number of hydrogen-bond donors (Lipinski definition) is 2. The minimum absolute atomic E-state index is 0.0472. The van der Waals surface area contributed by atoms with E-state index in [1.807, 2.05) is 37.4 Å². The number of hydrogen-bond acceptors (Lipinski definition) is 3. The lowest BCUT2D eigenvalue weighted by molar-refractivity contribution is -0.118. The molecule has 0 aromatic heterocycles. The van der Waals surface area contributed by atoms with E-state index < -0.39 is 0 Å². The summed E-state index contributed by atoms with van der Waals surface area (Å²) in [5.41, 5.74) is 0.872. The summed E-state index contributed by atoms with van der Waals surface area (Å²) in [5.74, 6) is 0.708. The normalized spacial score (nSPS) is 23.6. The minimum atomic E-state index is -0.159. The van der Waals surface area contributed by atoms with Crippen LogP contribution >= 0.6 is 11.8 Å². The Morgan fingerprint density at radius 2 is 2.10 bits per heavy atom. The van der Waals surface area contributed by atoms with Crippen molar-refractivity contribution in [3.05, 3.63) is 24.3 Å². The molecule has 4 heteroatoms. The lowest BCUT2D eigenvalue weighted by Gasteiger charge is -2.31. The molecule has 1 fully saturated rings. The fourth-order valence-corrected chi connectivity index (χ4v) is 3.37. The molecule has 0 radical (unpaired) electrons. The van der Waals surface area contributed by atoms with Gasteiger partial charge in [-0.2, -0.15) is 0 Å². The Morgan fingerprint density at radius 3 is 2.81 bits per heavy atom. The highest BCUT2D eigenvalue weighted by Gasteiger charge is 2.24. The van der Waals surface area contributed by atoms with E-state index in [0.717, 1.165) is 10.6 Å². The van der Waals surface area contributed by atoms with Crippen LogP contribution in [-0.2, 0) is 4.79 Å². The average Bonchev–Trinajstić information content (AvgIpc) is 2.49. The third-order valence-corrected chi connectivity index (χ3v) is 5.03. The van der Waals surface area contributed by atoms with Gasteiger partial charge in [-0.05, 0) is 50.1 Å². The summed E-state index contributed by atoms with van der Waals surface area (Å²) in [6.45, 7) is 4.23. The first-order valence-corrected chi connectivity index (χ1v) is 9.03. The Balaban J connectivity index is 1.89. The molecule has 3 unspecified atom stereocenters. The lowest BCUT2D eigenvalue weighted by atomic mass is 9.85. The highest BCUT2D eigenvalue weighted by Crippen LogP contribution is 2.24. The maximum absolute atomic E-state index is 12.3. The van der Waals surface area contributed by atoms with Crippen LogP contribution in [0.15, 0.2) is 29.2 Å². The van der Waals surface area contributed by atoms with Gasteiger partial charge in [0.25, 0.3) is 0 Å². The third-order valence-electron chi connectivity index (χ3n) is 4.31. The minimum Gasteiger partial charge on any atom is -0.325 e. The second kappa shape index (κ2) is 7.85. The van der Waals surface area contributed by atoms with E-state index in [1.165, 1.54) is 25.7 Å². The van der Waals surface area contributed by atoms with Crippen LogP contribution in [-0.4, -0.2) is 24.2 Å². The van der Waals surface area contributed by atoms with Crippen molar-refractivity contribution in [1.82, 2.24) is 5.32 Å². The van der Waals surface area contributed by atoms with Crippen LogP contribution in [0.4, 0.5) is 5.69 Å². The molecular weight excluding hydrogens is 280 g/mol. The fraction of sp³-hybridized carbons (Fsp3) is 0.588. The summed E-state index contributed by atoms with van der Waals surface area (Å²) in [5, 5.41) is 6.51. The van der Waals surface area contributed by atoms with Gasteiger partial charge in [0.05, 0.1) is 6.04 Å². The van der Waals surface area contributed by atoms with E-state index in [4.69, 9.17) is 0 Å². The fourth-order valence-electron chi connectivity index (χ4n) is 2.91. The number of rotatable bonds is 5. The maximum Gasteiger partial charge on any atom is 0.241 e. The molecule has 1 amide bonds. The van der Waals surface area contributed by atoms with Crippen molar-refractivity contribution in [2.75, 3.05) is 11.6 Å². The Kier molecular flexibility index (Phi) is 6.12. The van der Waals surface area contributed by atoms with Crippen LogP contribution in [0.5, 0.6) is 0 Å². The molecule has 0 spiro atoms. The Morgan fingerprint density at radius 1 is 1.33 bits per heavy atom. The zero-order chi connectivity index (χ0) is 15.2. The van der Waals surface area contributed by atoms with Crippen molar-refractivity contribution in [3.63, 3.8) is 0 Å². The van der Waals surface area contributed by atoms with Crippen molar-refractivity contribution in [1.29, 1.82) is 0 Å². The van der Waals surface area contributed by atoms with E-state index in [9.17, 15) is 4.79 Å². The topological polar surface area (TPSA) is 41.1 Å². The molecule has 1 aromatic rings. The molecule has 116 valence electrons. The predicted octanol–water partition coefficient (Wildman–Crippen LogP) is 3.90. The van der Waals surface area contributed by atoms with Crippen LogP contribution in [0.25, 0.3) is 0 Å². The number of amides is 1. The van der Waals surface area contributed by atoms with Crippen molar-refractivity contribution in [2.24, 2.45) is 5.92 Å². The van der Waals surface area contributed by atoms with Crippen LogP contribution in [0.3, 0.4) is 0 Å². The van der Waals surface area contributed by atoms with E-state index in [1.54, 1.807) is 11.8 Å². The van der Waals surface area contributed by atoms with E-state index >= 15 is 0 Å². The molecule has 1 aliphatic rings. The molecule has 3 atom stereocenters. The monoisotopic (exact) mass is 306 g/mol. The molecule has 0 aliphatic heterocycles. The van der Waals surface area contributed by atoms with Crippen molar-refractivity contribution >= 4 is 23.4 Å². The molecule has 21 heavy (non-hydrogen) atoms. The summed E-state index contributed by atoms with van der Waals surface area (Å²) in [6, 6.07) is 8.28. The predicted molar refractivity (Wildman–Crippen MR) is 90.9 cm³/mol. The van der Waals surface area contributed by atoms with Gasteiger partial charge in [0.15, 0.2) is 0 Å². The second-order valence-electron chi connectivity index (χ2n) is 5.98. The highest BCUT2D eigenvalue weighted by atomic mass is 32.2. The first kappa shape index (κ1) is 16.4. The molecule has 2 N–H and O–H groups in total. The van der Waals surface area contributed by atoms with E-state index in [2.05, 4.69) is 17.6 Å². The average molecular weight is 306 g/mol. The molecule has 3 nitrogen and oxygen atoms in total. The summed E-state index contributed by atoms with van der Waals surface area (Å²) in [6.07, 6.45) is 7.08. The molecule has 1 aromatic carbocycles. The molecule has 1 saturated carbocycles. The molecule has 2 rings (SSSR count). The number of benzene rings is 1. The smallest absolute Gasteiger partial charge is 0.241 e. The van der Waals surface area contributed by atoms with Crippen LogP contribution < -0.4 is 10.6 Å². The molecule has 0 bridgehead atoms. The molecule has 1 aliphatic carbocycles. The SMILES string of the molecule is CSc1cccc(NC(=O)C(C)NC2CCCCC2C)c1. The Labute approximate surface area is 132 Å². The van der Waals surface area contributed by atoms with Gasteiger partial charge in [-0.15, -0.1) is 11.8 Å². The van der Waals surface area contributed by atoms with Gasteiger partial charge < -0.3 is 10.6 Å². The van der Waals surface area contributed by atoms with Crippen molar-refractivity contribution in [3.8, 4) is 0 Å². The van der Waals surface area contributed by atoms with Crippen LogP contribution in [0.2, 0.25) is 0 Å².